The van der Waals surface area contributed by atoms with Crippen molar-refractivity contribution in [1.82, 2.24) is 4.90 Å². The molecule has 0 N–H and O–H groups in total. The number of carbonyl (C=O) groups excluding carboxylic acids is 2. The lowest BCUT2D eigenvalue weighted by Gasteiger charge is -2.08. The molecule has 0 aliphatic heterocycles. The first kappa shape index (κ1) is 17.8. The number of carbonyl (C=O) groups is 2. The molecule has 0 heterocycles. The highest BCUT2D eigenvalue weighted by Crippen LogP contribution is 1.94. The standard InChI is InChI=1S/C7H13NO.C6H10O2/c1-5-6(2)7(9)8(3)4;1-4-5(2)6(7)8-3/h5H,1-4H3;4H,1-3H3. The highest BCUT2D eigenvalue weighted by Gasteiger charge is 2.02. The molecule has 0 aliphatic carbocycles. The zero-order valence-electron chi connectivity index (χ0n) is 11.8. The number of amides is 1. The molecule has 4 nitrogen and oxygen atoms in total. The van der Waals surface area contributed by atoms with Crippen LogP contribution in [0.2, 0.25) is 0 Å². The fourth-order valence-corrected chi connectivity index (χ4v) is 0.755. The molecule has 98 valence electrons. The van der Waals surface area contributed by atoms with Gasteiger partial charge in [-0.05, 0) is 27.7 Å². The molecule has 0 bridgehead atoms. The van der Waals surface area contributed by atoms with Crippen molar-refractivity contribution in [3.8, 4) is 0 Å². The van der Waals surface area contributed by atoms with E-state index in [-0.39, 0.29) is 11.9 Å². The van der Waals surface area contributed by atoms with Crippen molar-refractivity contribution in [2.45, 2.75) is 27.7 Å². The number of ether oxygens (including phenoxy) is 1. The van der Waals surface area contributed by atoms with Crippen LogP contribution in [0.1, 0.15) is 27.7 Å². The van der Waals surface area contributed by atoms with E-state index in [2.05, 4.69) is 4.74 Å². The Hall–Kier alpha value is -1.58. The summed E-state index contributed by atoms with van der Waals surface area (Å²) in [5, 5.41) is 0. The average Bonchev–Trinajstić information content (AvgIpc) is 2.35. The predicted octanol–water partition coefficient (Wildman–Crippen LogP) is 2.17. The van der Waals surface area contributed by atoms with Crippen LogP contribution >= 0.6 is 0 Å². The van der Waals surface area contributed by atoms with E-state index >= 15 is 0 Å². The molecule has 0 atom stereocenters. The van der Waals surface area contributed by atoms with Crippen molar-refractivity contribution >= 4 is 11.9 Å². The van der Waals surface area contributed by atoms with E-state index < -0.39 is 0 Å². The minimum absolute atomic E-state index is 0.0810. The third-order valence-electron chi connectivity index (χ3n) is 2.12. The molecule has 0 aromatic rings. The number of methoxy groups -OCH3 is 1. The van der Waals surface area contributed by atoms with Crippen molar-refractivity contribution < 1.29 is 14.3 Å². The zero-order chi connectivity index (χ0) is 14.0. The third kappa shape index (κ3) is 8.25. The Labute approximate surface area is 104 Å². The Kier molecular flexibility index (Phi) is 10.1. The van der Waals surface area contributed by atoms with E-state index in [1.165, 1.54) is 7.11 Å². The molecule has 0 aromatic heterocycles. The van der Waals surface area contributed by atoms with Crippen LogP contribution in [0.15, 0.2) is 23.3 Å². The molecule has 0 aromatic carbocycles. The Bertz CT molecular complexity index is 315. The quantitative estimate of drug-likeness (QED) is 0.550. The van der Waals surface area contributed by atoms with Gasteiger partial charge in [-0.2, -0.15) is 0 Å². The normalized spacial score (nSPS) is 11.2. The number of rotatable bonds is 2. The van der Waals surface area contributed by atoms with E-state index in [1.807, 2.05) is 19.9 Å². The Morgan fingerprint density at radius 2 is 1.41 bits per heavy atom. The molecule has 17 heavy (non-hydrogen) atoms. The number of allylic oxidation sites excluding steroid dienone is 2. The topological polar surface area (TPSA) is 46.6 Å². The van der Waals surface area contributed by atoms with Crippen molar-refractivity contribution in [3.63, 3.8) is 0 Å². The summed E-state index contributed by atoms with van der Waals surface area (Å²) < 4.78 is 4.40. The Morgan fingerprint density at radius 3 is 1.53 bits per heavy atom. The first-order valence-electron chi connectivity index (χ1n) is 5.37. The van der Waals surface area contributed by atoms with Crippen molar-refractivity contribution in [3.05, 3.63) is 23.3 Å². The lowest BCUT2D eigenvalue weighted by atomic mass is 10.3. The van der Waals surface area contributed by atoms with E-state index in [0.717, 1.165) is 5.57 Å². The van der Waals surface area contributed by atoms with Crippen LogP contribution in [-0.4, -0.2) is 38.0 Å². The smallest absolute Gasteiger partial charge is 0.333 e. The third-order valence-corrected chi connectivity index (χ3v) is 2.12. The monoisotopic (exact) mass is 241 g/mol. The maximum atomic E-state index is 10.9. The van der Waals surface area contributed by atoms with Gasteiger partial charge in [0.25, 0.3) is 0 Å². The number of hydrogen-bond acceptors (Lipinski definition) is 3. The lowest BCUT2D eigenvalue weighted by molar-refractivity contribution is -0.136. The lowest BCUT2D eigenvalue weighted by Crippen LogP contribution is -2.22. The van der Waals surface area contributed by atoms with Crippen LogP contribution in [0.3, 0.4) is 0 Å². The summed E-state index contributed by atoms with van der Waals surface area (Å²) in [6, 6.07) is 0. The molecular weight excluding hydrogens is 218 g/mol. The highest BCUT2D eigenvalue weighted by molar-refractivity contribution is 5.92. The summed E-state index contributed by atoms with van der Waals surface area (Å²) in [6.07, 6.45) is 3.52. The highest BCUT2D eigenvalue weighted by atomic mass is 16.5. The molecule has 0 aliphatic rings. The second-order valence-corrected chi connectivity index (χ2v) is 3.63. The predicted molar refractivity (Wildman–Crippen MR) is 69.6 cm³/mol. The van der Waals surface area contributed by atoms with E-state index in [9.17, 15) is 9.59 Å². The molecule has 0 saturated carbocycles. The fourth-order valence-electron chi connectivity index (χ4n) is 0.755. The van der Waals surface area contributed by atoms with Gasteiger partial charge in [-0.3, -0.25) is 4.79 Å². The molecule has 0 saturated heterocycles. The average molecular weight is 241 g/mol. The van der Waals surface area contributed by atoms with Crippen LogP contribution < -0.4 is 0 Å². The Balaban J connectivity index is 0. The summed E-state index contributed by atoms with van der Waals surface area (Å²) >= 11 is 0. The summed E-state index contributed by atoms with van der Waals surface area (Å²) in [7, 11) is 4.86. The summed E-state index contributed by atoms with van der Waals surface area (Å²) in [4.78, 5) is 22.9. The zero-order valence-corrected chi connectivity index (χ0v) is 11.8. The fraction of sp³-hybridized carbons (Fsp3) is 0.538. The first-order valence-corrected chi connectivity index (χ1v) is 5.37. The van der Waals surface area contributed by atoms with Crippen LogP contribution in [0.25, 0.3) is 0 Å². The van der Waals surface area contributed by atoms with Gasteiger partial charge < -0.3 is 9.64 Å². The largest absolute Gasteiger partial charge is 0.466 e. The van der Waals surface area contributed by atoms with E-state index in [1.54, 1.807) is 38.9 Å². The summed E-state index contributed by atoms with van der Waals surface area (Å²) in [5.74, 6) is -0.176. The summed E-state index contributed by atoms with van der Waals surface area (Å²) in [6.45, 7) is 7.18. The van der Waals surface area contributed by atoms with Crippen LogP contribution in [0.4, 0.5) is 0 Å². The van der Waals surface area contributed by atoms with Gasteiger partial charge in [0.05, 0.1) is 7.11 Å². The van der Waals surface area contributed by atoms with Gasteiger partial charge in [0.2, 0.25) is 5.91 Å². The van der Waals surface area contributed by atoms with Gasteiger partial charge in [-0.1, -0.05) is 12.2 Å². The molecule has 0 radical (unpaired) electrons. The van der Waals surface area contributed by atoms with Gasteiger partial charge in [-0.25, -0.2) is 4.79 Å². The number of hydrogen-bond donors (Lipinski definition) is 0. The maximum absolute atomic E-state index is 10.9. The minimum Gasteiger partial charge on any atom is -0.466 e. The second-order valence-electron chi connectivity index (χ2n) is 3.63. The maximum Gasteiger partial charge on any atom is 0.333 e. The molecular formula is C13H23NO3. The Morgan fingerprint density at radius 1 is 1.00 bits per heavy atom. The molecule has 1 amide bonds. The summed E-state index contributed by atoms with van der Waals surface area (Å²) in [5.41, 5.74) is 1.44. The van der Waals surface area contributed by atoms with Crippen molar-refractivity contribution in [1.29, 1.82) is 0 Å². The number of nitrogens with zero attached hydrogens (tertiary/aromatic N) is 1. The van der Waals surface area contributed by atoms with Crippen molar-refractivity contribution in [2.75, 3.05) is 21.2 Å². The van der Waals surface area contributed by atoms with Gasteiger partial charge in [0.15, 0.2) is 0 Å². The van der Waals surface area contributed by atoms with Gasteiger partial charge in [0.1, 0.15) is 0 Å². The number of likely N-dealkylation sites (N-methyl/N-ethyl adjacent to an activating group) is 1. The van der Waals surface area contributed by atoms with Gasteiger partial charge >= 0.3 is 5.97 Å². The van der Waals surface area contributed by atoms with Gasteiger partial charge in [0, 0.05) is 25.2 Å². The molecule has 0 spiro atoms. The second kappa shape index (κ2) is 9.63. The molecule has 0 rings (SSSR count). The van der Waals surface area contributed by atoms with E-state index in [4.69, 9.17) is 0 Å². The number of esters is 1. The van der Waals surface area contributed by atoms with Crippen LogP contribution in [0.5, 0.6) is 0 Å². The SMILES string of the molecule is CC=C(C)C(=O)N(C)C.CC=C(C)C(=O)OC. The molecule has 0 unspecified atom stereocenters. The van der Waals surface area contributed by atoms with E-state index in [0.29, 0.717) is 5.57 Å². The van der Waals surface area contributed by atoms with Crippen LogP contribution in [0, 0.1) is 0 Å². The molecule has 0 fully saturated rings. The molecule has 4 heteroatoms. The van der Waals surface area contributed by atoms with Crippen LogP contribution in [-0.2, 0) is 14.3 Å². The minimum atomic E-state index is -0.257. The van der Waals surface area contributed by atoms with Crippen molar-refractivity contribution in [2.24, 2.45) is 0 Å². The first-order chi connectivity index (χ1) is 7.81. The van der Waals surface area contributed by atoms with Gasteiger partial charge in [-0.15, -0.1) is 0 Å².